The van der Waals surface area contributed by atoms with Crippen LogP contribution in [0.1, 0.15) is 50.8 Å². The lowest BCUT2D eigenvalue weighted by Gasteiger charge is -2.10. The van der Waals surface area contributed by atoms with Gasteiger partial charge >= 0.3 is 5.97 Å². The molecular formula is C27H22FN3O4. The van der Waals surface area contributed by atoms with Crippen molar-refractivity contribution in [1.82, 2.24) is 9.99 Å². The summed E-state index contributed by atoms with van der Waals surface area (Å²) in [5, 5.41) is 24.8. The Bertz CT molecular complexity index is 1520. The van der Waals surface area contributed by atoms with E-state index in [1.165, 1.54) is 47.5 Å². The number of rotatable bonds is 5. The third-order valence-corrected chi connectivity index (χ3v) is 6.33. The Balaban J connectivity index is 1.52. The topological polar surface area (TPSA) is 104 Å². The first-order valence-electron chi connectivity index (χ1n) is 11.2. The number of hydrogen-bond acceptors (Lipinski definition) is 4. The molecule has 3 aromatic carbocycles. The number of aryl methyl sites for hydroxylation is 2. The van der Waals surface area contributed by atoms with E-state index >= 15 is 0 Å². The van der Waals surface area contributed by atoms with Gasteiger partial charge in [0.05, 0.1) is 22.4 Å². The Morgan fingerprint density at radius 2 is 1.69 bits per heavy atom. The van der Waals surface area contributed by atoms with Crippen molar-refractivity contribution in [2.75, 3.05) is 0 Å². The molecule has 35 heavy (non-hydrogen) atoms. The molecule has 0 spiro atoms. The number of carboxylic acids is 1. The maximum absolute atomic E-state index is 14.2. The fourth-order valence-corrected chi connectivity index (χ4v) is 4.58. The average molecular weight is 471 g/mol. The summed E-state index contributed by atoms with van der Waals surface area (Å²) in [5.74, 6) is -2.20. The van der Waals surface area contributed by atoms with Crippen LogP contribution in [-0.4, -0.2) is 32.4 Å². The minimum atomic E-state index is -1.09. The predicted octanol–water partition coefficient (Wildman–Crippen LogP) is 4.82. The number of nitrogens with zero attached hydrogens (tertiary/aromatic N) is 2. The van der Waals surface area contributed by atoms with Gasteiger partial charge in [0.2, 0.25) is 5.88 Å². The molecule has 1 heterocycles. The summed E-state index contributed by atoms with van der Waals surface area (Å²) in [6.45, 7) is 1.61. The smallest absolute Gasteiger partial charge is 0.335 e. The zero-order valence-corrected chi connectivity index (χ0v) is 18.9. The number of benzene rings is 3. The fourth-order valence-electron chi connectivity index (χ4n) is 4.58. The lowest BCUT2D eigenvalue weighted by molar-refractivity contribution is 0.0696. The van der Waals surface area contributed by atoms with Gasteiger partial charge in [-0.25, -0.2) is 14.6 Å². The Morgan fingerprint density at radius 1 is 0.971 bits per heavy atom. The highest BCUT2D eigenvalue weighted by atomic mass is 19.1. The highest BCUT2D eigenvalue weighted by Gasteiger charge is 2.22. The number of carbonyl (C=O) groups is 2. The molecule has 1 aliphatic rings. The summed E-state index contributed by atoms with van der Waals surface area (Å²) < 4.78 is 15.8. The number of aromatic hydroxyl groups is 1. The zero-order chi connectivity index (χ0) is 24.7. The Hall–Kier alpha value is -4.46. The summed E-state index contributed by atoms with van der Waals surface area (Å²) in [7, 11) is 0. The SMILES string of the molecule is CC(=NNC(=O)c1ccc(C(=O)O)cc1)c1c(O)n(-c2ccc3c(c2)CCC3)c2ccc(F)cc12. The number of hydrazone groups is 1. The molecule has 4 aromatic rings. The number of aromatic nitrogens is 1. The van der Waals surface area contributed by atoms with Crippen LogP contribution < -0.4 is 5.43 Å². The van der Waals surface area contributed by atoms with Crippen molar-refractivity contribution < 1.29 is 24.2 Å². The van der Waals surface area contributed by atoms with E-state index in [2.05, 4.69) is 16.6 Å². The molecule has 7 nitrogen and oxygen atoms in total. The van der Waals surface area contributed by atoms with Gasteiger partial charge in [-0.1, -0.05) is 6.07 Å². The molecule has 0 radical (unpaired) electrons. The van der Waals surface area contributed by atoms with Gasteiger partial charge in [0, 0.05) is 16.6 Å². The summed E-state index contributed by atoms with van der Waals surface area (Å²) >= 11 is 0. The number of carbonyl (C=O) groups excluding carboxylic acids is 1. The maximum atomic E-state index is 14.2. The van der Waals surface area contributed by atoms with Gasteiger partial charge in [-0.2, -0.15) is 5.10 Å². The summed E-state index contributed by atoms with van der Waals surface area (Å²) in [6.07, 6.45) is 3.11. The van der Waals surface area contributed by atoms with E-state index in [0.717, 1.165) is 24.9 Å². The summed E-state index contributed by atoms with van der Waals surface area (Å²) in [4.78, 5) is 23.5. The molecule has 3 N–H and O–H groups in total. The molecule has 0 fully saturated rings. The molecule has 0 bridgehead atoms. The van der Waals surface area contributed by atoms with Crippen LogP contribution in [0, 0.1) is 5.82 Å². The molecule has 176 valence electrons. The van der Waals surface area contributed by atoms with E-state index in [0.29, 0.717) is 16.5 Å². The van der Waals surface area contributed by atoms with Crippen LogP contribution in [0.2, 0.25) is 0 Å². The monoisotopic (exact) mass is 471 g/mol. The van der Waals surface area contributed by atoms with Crippen molar-refractivity contribution in [2.45, 2.75) is 26.2 Å². The van der Waals surface area contributed by atoms with Crippen LogP contribution in [0.3, 0.4) is 0 Å². The molecule has 5 rings (SSSR count). The first kappa shape index (κ1) is 22.3. The number of amides is 1. The number of hydrogen-bond donors (Lipinski definition) is 3. The second-order valence-electron chi connectivity index (χ2n) is 8.52. The van der Waals surface area contributed by atoms with Crippen LogP contribution >= 0.6 is 0 Å². The van der Waals surface area contributed by atoms with Crippen LogP contribution in [0.5, 0.6) is 5.88 Å². The molecule has 1 aromatic heterocycles. The molecule has 0 unspecified atom stereocenters. The number of nitrogens with one attached hydrogen (secondary N) is 1. The van der Waals surface area contributed by atoms with Gasteiger partial charge in [0.15, 0.2) is 0 Å². The minimum absolute atomic E-state index is 0.0625. The van der Waals surface area contributed by atoms with E-state index in [-0.39, 0.29) is 22.7 Å². The second-order valence-corrected chi connectivity index (χ2v) is 8.52. The Morgan fingerprint density at radius 3 is 2.43 bits per heavy atom. The lowest BCUT2D eigenvalue weighted by Crippen LogP contribution is -2.19. The molecule has 0 saturated carbocycles. The second kappa shape index (κ2) is 8.72. The lowest BCUT2D eigenvalue weighted by atomic mass is 10.1. The Labute approximate surface area is 200 Å². The van der Waals surface area contributed by atoms with Crippen LogP contribution in [-0.2, 0) is 12.8 Å². The van der Waals surface area contributed by atoms with Gasteiger partial charge in [-0.3, -0.25) is 9.36 Å². The highest BCUT2D eigenvalue weighted by molar-refractivity contribution is 6.13. The number of fused-ring (bicyclic) bond motifs is 2. The Kier molecular flexibility index (Phi) is 5.56. The van der Waals surface area contributed by atoms with Gasteiger partial charge < -0.3 is 10.2 Å². The third kappa shape index (κ3) is 4.03. The van der Waals surface area contributed by atoms with Gasteiger partial charge in [0.1, 0.15) is 5.82 Å². The van der Waals surface area contributed by atoms with Gasteiger partial charge in [-0.05, 0) is 91.9 Å². The van der Waals surface area contributed by atoms with Crippen LogP contribution in [0.4, 0.5) is 4.39 Å². The number of aromatic carboxylic acids is 1. The van der Waals surface area contributed by atoms with Crippen molar-refractivity contribution in [3.05, 3.63) is 94.3 Å². The standard InChI is InChI=1S/C27H22FN3O4/c1-15(29-30-25(32)17-5-7-18(8-6-17)27(34)35)24-22-14-20(28)10-12-23(22)31(26(24)33)21-11-9-16-3-2-4-19(16)13-21/h5-14,33H,2-4H2,1H3,(H,30,32)(H,34,35). The molecule has 0 saturated heterocycles. The zero-order valence-electron chi connectivity index (χ0n) is 18.9. The van der Waals surface area contributed by atoms with Gasteiger partial charge in [-0.15, -0.1) is 0 Å². The predicted molar refractivity (Wildman–Crippen MR) is 130 cm³/mol. The minimum Gasteiger partial charge on any atom is -0.494 e. The van der Waals surface area contributed by atoms with E-state index in [4.69, 9.17) is 5.11 Å². The number of carboxylic acid groups (broad SMARTS) is 1. The molecule has 1 aliphatic carbocycles. The molecular weight excluding hydrogens is 449 g/mol. The van der Waals surface area contributed by atoms with E-state index < -0.39 is 17.7 Å². The normalized spacial score (nSPS) is 13.1. The summed E-state index contributed by atoms with van der Waals surface area (Å²) in [6, 6.07) is 15.7. The first-order chi connectivity index (χ1) is 16.8. The quantitative estimate of drug-likeness (QED) is 0.287. The van der Waals surface area contributed by atoms with Crippen molar-refractivity contribution in [2.24, 2.45) is 5.10 Å². The summed E-state index contributed by atoms with van der Waals surface area (Å²) in [5.41, 5.74) is 7.21. The fraction of sp³-hybridized carbons (Fsp3) is 0.148. The van der Waals surface area contributed by atoms with Crippen molar-refractivity contribution in [3.8, 4) is 11.6 Å². The van der Waals surface area contributed by atoms with Crippen LogP contribution in [0.25, 0.3) is 16.6 Å². The first-order valence-corrected chi connectivity index (χ1v) is 11.2. The molecule has 8 heteroatoms. The van der Waals surface area contributed by atoms with Crippen LogP contribution in [0.15, 0.2) is 65.8 Å². The molecule has 0 atom stereocenters. The molecule has 0 aliphatic heterocycles. The maximum Gasteiger partial charge on any atom is 0.335 e. The third-order valence-electron chi connectivity index (χ3n) is 6.33. The largest absolute Gasteiger partial charge is 0.494 e. The molecule has 1 amide bonds. The van der Waals surface area contributed by atoms with Crippen molar-refractivity contribution in [1.29, 1.82) is 0 Å². The van der Waals surface area contributed by atoms with Crippen molar-refractivity contribution in [3.63, 3.8) is 0 Å². The van der Waals surface area contributed by atoms with E-state index in [9.17, 15) is 19.1 Å². The van der Waals surface area contributed by atoms with Gasteiger partial charge in [0.25, 0.3) is 5.91 Å². The average Bonchev–Trinajstić information content (AvgIpc) is 3.43. The highest BCUT2D eigenvalue weighted by Crippen LogP contribution is 2.36. The number of halogens is 1. The van der Waals surface area contributed by atoms with E-state index in [1.54, 1.807) is 17.6 Å². The van der Waals surface area contributed by atoms with Crippen molar-refractivity contribution >= 4 is 28.5 Å². The van der Waals surface area contributed by atoms with E-state index in [1.807, 2.05) is 12.1 Å².